The second-order valence-corrected chi connectivity index (χ2v) is 5.25. The molecule has 0 saturated heterocycles. The predicted molar refractivity (Wildman–Crippen MR) is 110 cm³/mol. The van der Waals surface area contributed by atoms with Crippen LogP contribution in [0, 0.1) is 24.5 Å². The summed E-state index contributed by atoms with van der Waals surface area (Å²) in [7, 11) is 0. The third-order valence-electron chi connectivity index (χ3n) is 3.21. The number of benzene rings is 2. The zero-order valence-electron chi connectivity index (χ0n) is 15.8. The van der Waals surface area contributed by atoms with Crippen LogP contribution in [0.3, 0.4) is 0 Å². The van der Waals surface area contributed by atoms with Crippen LogP contribution in [0.25, 0.3) is 26.5 Å². The highest BCUT2D eigenvalue weighted by Crippen LogP contribution is 2.19. The topological polar surface area (TPSA) is 112 Å². The number of hydrogen-bond acceptors (Lipinski definition) is 4. The first-order chi connectivity index (χ1) is 14.7. The fraction of sp³-hybridized carbons (Fsp3) is 0.0909. The smallest absolute Gasteiger partial charge is 0.328 e. The van der Waals surface area contributed by atoms with Crippen molar-refractivity contribution in [3.8, 4) is 17.4 Å². The molecule has 3 rings (SSSR count). The Morgan fingerprint density at radius 3 is 2.23 bits per heavy atom. The minimum atomic E-state index is -0.298. The van der Waals surface area contributed by atoms with Crippen molar-refractivity contribution in [3.05, 3.63) is 107 Å². The van der Waals surface area contributed by atoms with E-state index in [0.29, 0.717) is 17.2 Å². The zero-order valence-corrected chi connectivity index (χ0v) is 15.8. The SMILES string of the molecule is [C-]#[N+]CC#N.[C-]#[N+]Cc1ncc(-c2ccccc2)o1.[N-]=[N+]=CC(=O)c1ccccc1. The van der Waals surface area contributed by atoms with Gasteiger partial charge in [-0.2, -0.15) is 10.1 Å². The van der Waals surface area contributed by atoms with Crippen LogP contribution in [0.15, 0.2) is 71.3 Å². The fourth-order valence-corrected chi connectivity index (χ4v) is 1.95. The van der Waals surface area contributed by atoms with Gasteiger partial charge in [0.25, 0.3) is 24.8 Å². The van der Waals surface area contributed by atoms with Gasteiger partial charge in [-0.05, 0) is 0 Å². The molecule has 0 saturated carbocycles. The number of Topliss-reactive ketones (excluding diaryl/α,β-unsaturated/α-hetero) is 1. The quantitative estimate of drug-likeness (QED) is 0.163. The first-order valence-corrected chi connectivity index (χ1v) is 8.46. The minimum Gasteiger partial charge on any atom is -0.434 e. The molecular formula is C22H16N6O2. The van der Waals surface area contributed by atoms with E-state index in [1.165, 1.54) is 0 Å². The molecular weight excluding hydrogens is 380 g/mol. The highest BCUT2D eigenvalue weighted by atomic mass is 16.4. The number of carbonyl (C=O) groups is 1. The summed E-state index contributed by atoms with van der Waals surface area (Å²) in [5, 5.41) is 7.60. The van der Waals surface area contributed by atoms with Crippen molar-refractivity contribution in [1.29, 1.82) is 5.26 Å². The zero-order chi connectivity index (χ0) is 22.0. The number of aromatic nitrogens is 1. The summed E-state index contributed by atoms with van der Waals surface area (Å²) < 4.78 is 5.39. The molecule has 0 bridgehead atoms. The van der Waals surface area contributed by atoms with Crippen LogP contribution in [0.5, 0.6) is 0 Å². The average molecular weight is 396 g/mol. The summed E-state index contributed by atoms with van der Waals surface area (Å²) in [6, 6.07) is 20.0. The molecule has 2 aromatic carbocycles. The standard InChI is InChI=1S/C11H8N2O.C8H6N2O.C3H2N2/c1-12-8-11-13-7-10(14-11)9-5-3-2-4-6-9;9-10-6-8(11)7-4-2-1-3-5-7;1-5-3-2-4/h2-7H,8H2;1-6H;3H2. The third kappa shape index (κ3) is 8.70. The summed E-state index contributed by atoms with van der Waals surface area (Å²) >= 11 is 0. The Bertz CT molecular complexity index is 1080. The monoisotopic (exact) mass is 396 g/mol. The maximum absolute atomic E-state index is 10.9. The Morgan fingerprint density at radius 1 is 1.10 bits per heavy atom. The van der Waals surface area contributed by atoms with Gasteiger partial charge in [0.15, 0.2) is 5.76 Å². The molecule has 0 amide bonds. The molecule has 1 heterocycles. The van der Waals surface area contributed by atoms with Crippen molar-refractivity contribution in [1.82, 2.24) is 4.98 Å². The summed E-state index contributed by atoms with van der Waals surface area (Å²) in [6.07, 6.45) is 2.52. The largest absolute Gasteiger partial charge is 0.434 e. The van der Waals surface area contributed by atoms with Crippen LogP contribution in [-0.4, -0.2) is 28.3 Å². The summed E-state index contributed by atoms with van der Waals surface area (Å²) in [4.78, 5) is 23.5. The average Bonchev–Trinajstić information content (AvgIpc) is 3.26. The molecule has 8 nitrogen and oxygen atoms in total. The van der Waals surface area contributed by atoms with Crippen LogP contribution in [-0.2, 0) is 6.54 Å². The minimum absolute atomic E-state index is 0.0139. The Morgan fingerprint density at radius 2 is 1.73 bits per heavy atom. The Labute approximate surface area is 173 Å². The van der Waals surface area contributed by atoms with Gasteiger partial charge < -0.3 is 19.6 Å². The van der Waals surface area contributed by atoms with Gasteiger partial charge in [-0.25, -0.2) is 18.1 Å². The highest BCUT2D eigenvalue weighted by Gasteiger charge is 2.06. The molecule has 0 unspecified atom stereocenters. The first kappa shape index (κ1) is 23.2. The van der Waals surface area contributed by atoms with Crippen molar-refractivity contribution in [2.24, 2.45) is 0 Å². The van der Waals surface area contributed by atoms with E-state index in [4.69, 9.17) is 28.4 Å². The van der Waals surface area contributed by atoms with Gasteiger partial charge in [0.05, 0.1) is 6.20 Å². The third-order valence-corrected chi connectivity index (χ3v) is 3.21. The normalized spacial score (nSPS) is 8.30. The van der Waals surface area contributed by atoms with Gasteiger partial charge in [0.2, 0.25) is 0 Å². The molecule has 0 radical (unpaired) electrons. The van der Waals surface area contributed by atoms with Crippen molar-refractivity contribution in [2.75, 3.05) is 6.54 Å². The van der Waals surface area contributed by atoms with Crippen molar-refractivity contribution in [2.45, 2.75) is 6.54 Å². The molecule has 0 fully saturated rings. The lowest BCUT2D eigenvalue weighted by Gasteiger charge is -1.92. The van der Waals surface area contributed by atoms with Crippen molar-refractivity contribution >= 4 is 12.0 Å². The van der Waals surface area contributed by atoms with Crippen LogP contribution < -0.4 is 0 Å². The summed E-state index contributed by atoms with van der Waals surface area (Å²) in [5.74, 6) is 0.885. The highest BCUT2D eigenvalue weighted by molar-refractivity contribution is 6.33. The predicted octanol–water partition coefficient (Wildman–Crippen LogP) is 4.36. The molecule has 0 N–H and O–H groups in total. The molecule has 0 atom stereocenters. The number of carbonyl (C=O) groups excluding carboxylic acids is 1. The van der Waals surface area contributed by atoms with E-state index < -0.39 is 0 Å². The number of ketones is 1. The number of rotatable bonds is 4. The van der Waals surface area contributed by atoms with E-state index in [-0.39, 0.29) is 18.9 Å². The lowest BCUT2D eigenvalue weighted by Crippen LogP contribution is -1.99. The van der Waals surface area contributed by atoms with E-state index in [9.17, 15) is 4.79 Å². The molecule has 1 aromatic heterocycles. The summed E-state index contributed by atoms with van der Waals surface area (Å²) in [6.45, 7) is 12.9. The number of nitrogens with zero attached hydrogens (tertiary/aromatic N) is 6. The van der Waals surface area contributed by atoms with Gasteiger partial charge in [0, 0.05) is 11.1 Å². The van der Waals surface area contributed by atoms with E-state index in [2.05, 4.69) is 19.5 Å². The number of nitriles is 1. The molecule has 8 heteroatoms. The fourth-order valence-electron chi connectivity index (χ4n) is 1.95. The molecule has 30 heavy (non-hydrogen) atoms. The summed E-state index contributed by atoms with van der Waals surface area (Å²) in [5.41, 5.74) is 9.55. The second kappa shape index (κ2) is 14.3. The van der Waals surface area contributed by atoms with Crippen LogP contribution in [0.4, 0.5) is 0 Å². The van der Waals surface area contributed by atoms with Gasteiger partial charge in [-0.1, -0.05) is 60.7 Å². The Balaban J connectivity index is 0.000000251. The van der Waals surface area contributed by atoms with Crippen LogP contribution in [0.1, 0.15) is 16.2 Å². The molecule has 0 aliphatic heterocycles. The van der Waals surface area contributed by atoms with Gasteiger partial charge in [0.1, 0.15) is 6.07 Å². The molecule has 0 spiro atoms. The van der Waals surface area contributed by atoms with Crippen molar-refractivity contribution in [3.63, 3.8) is 0 Å². The van der Waals surface area contributed by atoms with Gasteiger partial charge >= 0.3 is 6.21 Å². The first-order valence-electron chi connectivity index (χ1n) is 8.46. The van der Waals surface area contributed by atoms with E-state index in [1.807, 2.05) is 36.4 Å². The number of hydrogen-bond donors (Lipinski definition) is 0. The maximum Gasteiger partial charge on any atom is 0.328 e. The van der Waals surface area contributed by atoms with Crippen molar-refractivity contribution < 1.29 is 14.0 Å². The number of oxazole rings is 1. The lowest BCUT2D eigenvalue weighted by molar-refractivity contribution is 0.00235. The Hall–Kier alpha value is -4.83. The lowest BCUT2D eigenvalue weighted by atomic mass is 10.1. The maximum atomic E-state index is 10.9. The van der Waals surface area contributed by atoms with Crippen LogP contribution >= 0.6 is 0 Å². The second-order valence-electron chi connectivity index (χ2n) is 5.25. The van der Waals surface area contributed by atoms with E-state index in [0.717, 1.165) is 11.8 Å². The van der Waals surface area contributed by atoms with E-state index >= 15 is 0 Å². The van der Waals surface area contributed by atoms with Crippen LogP contribution in [0.2, 0.25) is 0 Å². The molecule has 146 valence electrons. The van der Waals surface area contributed by atoms with E-state index in [1.54, 1.807) is 36.5 Å². The molecule has 0 aliphatic rings. The van der Waals surface area contributed by atoms with Gasteiger partial charge in [-0.3, -0.25) is 4.79 Å². The van der Waals surface area contributed by atoms with Gasteiger partial charge in [-0.15, -0.1) is 0 Å². The molecule has 0 aliphatic carbocycles. The molecule has 3 aromatic rings. The Kier molecular flexibility index (Phi) is 11.0.